The molecule has 1 amide bonds. The van der Waals surface area contributed by atoms with Gasteiger partial charge in [0, 0.05) is 11.1 Å². The molecular formula is C33H29N3O7S. The van der Waals surface area contributed by atoms with E-state index >= 15 is 0 Å². The Labute approximate surface area is 256 Å². The summed E-state index contributed by atoms with van der Waals surface area (Å²) in [4.78, 5) is 60.7. The van der Waals surface area contributed by atoms with Gasteiger partial charge < -0.3 is 14.2 Å². The highest BCUT2D eigenvalue weighted by Crippen LogP contribution is 2.41. The topological polar surface area (TPSA) is 116 Å². The molecule has 1 aromatic heterocycles. The minimum atomic E-state index is -0.955. The minimum absolute atomic E-state index is 0.130. The second-order valence-corrected chi connectivity index (χ2v) is 11.1. The number of carbonyl (C=O) groups is 3. The summed E-state index contributed by atoms with van der Waals surface area (Å²) in [6.45, 7) is 5.11. The van der Waals surface area contributed by atoms with Gasteiger partial charge in [0.1, 0.15) is 22.9 Å². The molecule has 0 saturated heterocycles. The first-order valence-electron chi connectivity index (χ1n) is 14.1. The third kappa shape index (κ3) is 4.60. The van der Waals surface area contributed by atoms with E-state index in [1.807, 2.05) is 30.3 Å². The first-order chi connectivity index (χ1) is 21.3. The molecule has 0 N–H and O–H groups in total. The number of para-hydroxylation sites is 1. The summed E-state index contributed by atoms with van der Waals surface area (Å²) in [5.74, 6) is -1.18. The lowest BCUT2D eigenvalue weighted by Crippen LogP contribution is -2.41. The molecule has 1 atom stereocenters. The number of amides is 1. The molecule has 0 bridgehead atoms. The summed E-state index contributed by atoms with van der Waals surface area (Å²) < 4.78 is 18.0. The number of fused-ring (bicyclic) bond motifs is 3. The maximum absolute atomic E-state index is 14.6. The van der Waals surface area contributed by atoms with Gasteiger partial charge in [0.15, 0.2) is 4.80 Å². The van der Waals surface area contributed by atoms with Crippen LogP contribution in [0, 0.1) is 0 Å². The molecule has 11 heteroatoms. The van der Waals surface area contributed by atoms with Crippen molar-refractivity contribution in [3.05, 3.63) is 103 Å². The van der Waals surface area contributed by atoms with E-state index in [0.717, 1.165) is 22.1 Å². The normalized spacial score (nSPS) is 16.9. The minimum Gasteiger partial charge on any atom is -0.496 e. The van der Waals surface area contributed by atoms with Crippen molar-refractivity contribution in [2.24, 2.45) is 4.99 Å². The third-order valence-electron chi connectivity index (χ3n) is 7.66. The van der Waals surface area contributed by atoms with Crippen LogP contribution in [0.25, 0.3) is 16.3 Å². The number of rotatable bonds is 7. The van der Waals surface area contributed by atoms with Crippen LogP contribution in [0.4, 0.5) is 5.69 Å². The van der Waals surface area contributed by atoms with Crippen molar-refractivity contribution in [2.75, 3.05) is 31.8 Å². The van der Waals surface area contributed by atoms with Gasteiger partial charge in [0.2, 0.25) is 0 Å². The molecule has 0 radical (unpaired) electrons. The Morgan fingerprint density at radius 1 is 0.955 bits per heavy atom. The van der Waals surface area contributed by atoms with Crippen molar-refractivity contribution in [1.82, 2.24) is 4.57 Å². The number of ether oxygens (including phenoxy) is 3. The number of hydrogen-bond donors (Lipinski definition) is 0. The van der Waals surface area contributed by atoms with Gasteiger partial charge >= 0.3 is 11.9 Å². The Balaban J connectivity index is 1.66. The first kappa shape index (κ1) is 29.1. The van der Waals surface area contributed by atoms with Crippen molar-refractivity contribution >= 4 is 51.2 Å². The predicted molar refractivity (Wildman–Crippen MR) is 165 cm³/mol. The molecule has 0 aliphatic carbocycles. The van der Waals surface area contributed by atoms with E-state index in [-0.39, 0.29) is 35.4 Å². The second kappa shape index (κ2) is 11.6. The van der Waals surface area contributed by atoms with Crippen LogP contribution in [0.1, 0.15) is 37.9 Å². The molecule has 224 valence electrons. The number of carbonyl (C=O) groups excluding carboxylic acids is 3. The van der Waals surface area contributed by atoms with Gasteiger partial charge in [-0.2, -0.15) is 0 Å². The zero-order chi connectivity index (χ0) is 31.1. The number of esters is 2. The van der Waals surface area contributed by atoms with Gasteiger partial charge in [0.05, 0.1) is 42.9 Å². The monoisotopic (exact) mass is 611 g/mol. The lowest BCUT2D eigenvalue weighted by molar-refractivity contribution is -0.142. The average molecular weight is 612 g/mol. The maximum atomic E-state index is 14.6. The standard InChI is InChI=1S/C33H29N3O7S/c1-5-42-24(37)17-35-22-14-10-9-13-21(22)27(30(35)38)29-31(39)36-28(25(32(40)43-6-2)18(3)34-33(36)44-29)26-20-12-8-7-11-19(20)15-16-23(26)41-4/h7-16,28H,5-6,17H2,1-4H3/b29-27+/t28-/m0/s1. The van der Waals surface area contributed by atoms with Crippen molar-refractivity contribution in [1.29, 1.82) is 0 Å². The zero-order valence-corrected chi connectivity index (χ0v) is 25.4. The van der Waals surface area contributed by atoms with Crippen LogP contribution in [-0.4, -0.2) is 49.3 Å². The van der Waals surface area contributed by atoms with Crippen LogP contribution in [0.2, 0.25) is 0 Å². The van der Waals surface area contributed by atoms with Gasteiger partial charge in [-0.05, 0) is 43.7 Å². The summed E-state index contributed by atoms with van der Waals surface area (Å²) in [6.07, 6.45) is 0. The SMILES string of the molecule is CCOC(=O)CN1C(=O)/C(=c2/sc3n(c2=O)[C@H](c2c(OC)ccc4ccccc24)C(C(=O)OCC)=C(C)N=3)c2ccccc21. The molecular weight excluding hydrogens is 582 g/mol. The van der Waals surface area contributed by atoms with E-state index < -0.39 is 29.4 Å². The highest BCUT2D eigenvalue weighted by atomic mass is 32.1. The molecule has 0 spiro atoms. The van der Waals surface area contributed by atoms with Crippen LogP contribution in [0.15, 0.2) is 81.7 Å². The van der Waals surface area contributed by atoms with Crippen molar-refractivity contribution in [2.45, 2.75) is 26.8 Å². The second-order valence-electron chi connectivity index (χ2n) is 10.1. The molecule has 44 heavy (non-hydrogen) atoms. The lowest BCUT2D eigenvalue weighted by atomic mass is 9.90. The van der Waals surface area contributed by atoms with E-state index in [1.54, 1.807) is 51.1 Å². The number of benzene rings is 3. The highest BCUT2D eigenvalue weighted by Gasteiger charge is 2.39. The summed E-state index contributed by atoms with van der Waals surface area (Å²) in [6, 6.07) is 17.4. The predicted octanol–water partition coefficient (Wildman–Crippen LogP) is 3.24. The zero-order valence-electron chi connectivity index (χ0n) is 24.6. The Hall–Kier alpha value is -5.03. The Bertz CT molecular complexity index is 2070. The van der Waals surface area contributed by atoms with Crippen LogP contribution >= 0.6 is 11.3 Å². The number of nitrogens with zero attached hydrogens (tertiary/aromatic N) is 3. The van der Waals surface area contributed by atoms with Gasteiger partial charge in [-0.1, -0.05) is 59.9 Å². The van der Waals surface area contributed by atoms with Crippen LogP contribution < -0.4 is 24.5 Å². The largest absolute Gasteiger partial charge is 0.496 e. The Morgan fingerprint density at radius 3 is 2.43 bits per heavy atom. The van der Waals surface area contributed by atoms with Crippen LogP contribution in [0.3, 0.4) is 0 Å². The lowest BCUT2D eigenvalue weighted by Gasteiger charge is -2.27. The van der Waals surface area contributed by atoms with E-state index in [0.29, 0.717) is 33.1 Å². The van der Waals surface area contributed by atoms with Crippen molar-refractivity contribution in [3.63, 3.8) is 0 Å². The molecule has 3 heterocycles. The van der Waals surface area contributed by atoms with Crippen LogP contribution in [-0.2, 0) is 23.9 Å². The maximum Gasteiger partial charge on any atom is 0.338 e. The number of hydrogen-bond acceptors (Lipinski definition) is 9. The van der Waals surface area contributed by atoms with Gasteiger partial charge in [-0.3, -0.25) is 23.9 Å². The molecule has 2 aliphatic rings. The molecule has 0 fully saturated rings. The summed E-state index contributed by atoms with van der Waals surface area (Å²) in [7, 11) is 1.53. The van der Waals surface area contributed by atoms with E-state index in [4.69, 9.17) is 14.2 Å². The van der Waals surface area contributed by atoms with Gasteiger partial charge in [-0.15, -0.1) is 0 Å². The average Bonchev–Trinajstić information content (AvgIpc) is 3.48. The van der Waals surface area contributed by atoms with Gasteiger partial charge in [0.25, 0.3) is 11.5 Å². The fourth-order valence-electron chi connectivity index (χ4n) is 5.84. The Morgan fingerprint density at radius 2 is 1.68 bits per heavy atom. The van der Waals surface area contributed by atoms with E-state index in [2.05, 4.69) is 4.99 Å². The quantitative estimate of drug-likeness (QED) is 0.295. The number of allylic oxidation sites excluding steroid dienone is 1. The van der Waals surface area contributed by atoms with E-state index in [1.165, 1.54) is 16.6 Å². The fourth-order valence-corrected chi connectivity index (χ4v) is 6.98. The molecule has 6 rings (SSSR count). The molecule has 4 aromatic rings. The highest BCUT2D eigenvalue weighted by molar-refractivity contribution is 7.07. The molecule has 10 nitrogen and oxygen atoms in total. The summed E-state index contributed by atoms with van der Waals surface area (Å²) in [5, 5.41) is 1.68. The number of thiazole rings is 1. The third-order valence-corrected chi connectivity index (χ3v) is 8.71. The fraction of sp³-hybridized carbons (Fsp3) is 0.242. The molecule has 0 saturated carbocycles. The number of aromatic nitrogens is 1. The smallest absolute Gasteiger partial charge is 0.338 e. The number of anilines is 1. The summed E-state index contributed by atoms with van der Waals surface area (Å²) >= 11 is 1.06. The van der Waals surface area contributed by atoms with Crippen LogP contribution in [0.5, 0.6) is 5.75 Å². The van der Waals surface area contributed by atoms with Crippen molar-refractivity contribution in [3.8, 4) is 5.75 Å². The van der Waals surface area contributed by atoms with Crippen molar-refractivity contribution < 1.29 is 28.6 Å². The molecule has 0 unspecified atom stereocenters. The Kier molecular flexibility index (Phi) is 7.64. The first-order valence-corrected chi connectivity index (χ1v) is 15.0. The number of methoxy groups -OCH3 is 1. The molecule has 3 aromatic carbocycles. The molecule has 2 aliphatic heterocycles. The van der Waals surface area contributed by atoms with Gasteiger partial charge in [-0.25, -0.2) is 9.79 Å². The van der Waals surface area contributed by atoms with E-state index in [9.17, 15) is 19.2 Å². The summed E-state index contributed by atoms with van der Waals surface area (Å²) in [5.41, 5.74) is 1.88.